The third-order valence-electron chi connectivity index (χ3n) is 2.78. The maximum atomic E-state index is 12.4. The van der Waals surface area contributed by atoms with Crippen LogP contribution in [0.4, 0.5) is 4.79 Å². The van der Waals surface area contributed by atoms with E-state index in [0.29, 0.717) is 11.0 Å². The van der Waals surface area contributed by atoms with E-state index in [1.165, 1.54) is 0 Å². The van der Waals surface area contributed by atoms with Crippen LogP contribution in [0.5, 0.6) is 0 Å². The molecule has 0 saturated carbocycles. The van der Waals surface area contributed by atoms with E-state index >= 15 is 0 Å². The summed E-state index contributed by atoms with van der Waals surface area (Å²) in [6, 6.07) is 5.66. The van der Waals surface area contributed by atoms with E-state index < -0.39 is 27.1 Å². The number of para-hydroxylation sites is 1. The molecule has 7 nitrogen and oxygen atoms in total. The summed E-state index contributed by atoms with van der Waals surface area (Å²) >= 11 is 3.13. The lowest BCUT2D eigenvalue weighted by Crippen LogP contribution is -2.36. The quantitative estimate of drug-likeness (QED) is 0.819. The van der Waals surface area contributed by atoms with Gasteiger partial charge in [0.05, 0.1) is 4.47 Å². The number of urea groups is 1. The highest BCUT2D eigenvalue weighted by Crippen LogP contribution is 2.35. The molecule has 104 valence electrons. The van der Waals surface area contributed by atoms with Crippen LogP contribution in [0.25, 0.3) is 11.0 Å². The van der Waals surface area contributed by atoms with Crippen molar-refractivity contribution >= 4 is 48.9 Å². The van der Waals surface area contributed by atoms with E-state index in [1.54, 1.807) is 24.3 Å². The van der Waals surface area contributed by atoms with Crippen molar-refractivity contribution in [3.8, 4) is 0 Å². The molecule has 1 fully saturated rings. The Morgan fingerprint density at radius 1 is 1.25 bits per heavy atom. The molecule has 1 aromatic heterocycles. The van der Waals surface area contributed by atoms with Crippen molar-refractivity contribution in [3.63, 3.8) is 0 Å². The molecular weight excluding hydrogens is 352 g/mol. The monoisotopic (exact) mass is 358 g/mol. The minimum Gasteiger partial charge on any atom is -0.442 e. The van der Waals surface area contributed by atoms with Crippen molar-refractivity contribution in [2.24, 2.45) is 0 Å². The maximum absolute atomic E-state index is 12.4. The Kier molecular flexibility index (Phi) is 2.83. The van der Waals surface area contributed by atoms with Crippen molar-refractivity contribution in [2.45, 2.75) is 5.09 Å². The van der Waals surface area contributed by atoms with E-state index in [9.17, 15) is 18.0 Å². The van der Waals surface area contributed by atoms with E-state index in [2.05, 4.69) is 21.2 Å². The number of imide groups is 1. The molecule has 3 rings (SSSR count). The molecule has 0 unspecified atom stereocenters. The molecule has 1 N–H and O–H groups in total. The van der Waals surface area contributed by atoms with Gasteiger partial charge in [-0.15, -0.1) is 4.31 Å². The number of nitrogens with zero attached hydrogens (tertiary/aromatic N) is 1. The summed E-state index contributed by atoms with van der Waals surface area (Å²) in [5.74, 6) is -0.845. The molecule has 0 bridgehead atoms. The first-order valence-corrected chi connectivity index (χ1v) is 7.69. The van der Waals surface area contributed by atoms with Gasteiger partial charge >= 0.3 is 16.1 Å². The van der Waals surface area contributed by atoms with E-state index in [0.717, 1.165) is 0 Å². The highest BCUT2D eigenvalue weighted by Gasteiger charge is 2.43. The van der Waals surface area contributed by atoms with Crippen LogP contribution in [-0.4, -0.2) is 31.2 Å². The first kappa shape index (κ1) is 13.1. The van der Waals surface area contributed by atoms with Crippen molar-refractivity contribution in [1.82, 2.24) is 9.62 Å². The summed E-state index contributed by atoms with van der Waals surface area (Å²) in [5.41, 5.74) is 0.338. The number of amides is 3. The molecule has 1 saturated heterocycles. The van der Waals surface area contributed by atoms with Gasteiger partial charge in [0.25, 0.3) is 11.0 Å². The zero-order valence-electron chi connectivity index (χ0n) is 9.79. The predicted octanol–water partition coefficient (Wildman–Crippen LogP) is 1.44. The molecule has 2 aromatic rings. The normalized spacial score (nSPS) is 15.9. The van der Waals surface area contributed by atoms with Gasteiger partial charge in [-0.25, -0.2) is 4.79 Å². The summed E-state index contributed by atoms with van der Waals surface area (Å²) in [7, 11) is -4.37. The fourth-order valence-corrected chi connectivity index (χ4v) is 4.23. The molecule has 1 aliphatic rings. The number of sulfonamides is 1. The summed E-state index contributed by atoms with van der Waals surface area (Å²) in [5, 5.41) is 2.22. The van der Waals surface area contributed by atoms with Gasteiger partial charge in [-0.2, -0.15) is 8.42 Å². The molecule has 3 amide bonds. The van der Waals surface area contributed by atoms with Crippen molar-refractivity contribution in [2.75, 3.05) is 6.54 Å². The highest BCUT2D eigenvalue weighted by atomic mass is 79.9. The van der Waals surface area contributed by atoms with Gasteiger partial charge in [0.15, 0.2) is 0 Å². The van der Waals surface area contributed by atoms with Crippen LogP contribution in [0, 0.1) is 0 Å². The largest absolute Gasteiger partial charge is 0.442 e. The number of carbonyl (C=O) groups is 2. The minimum absolute atomic E-state index is 0.176. The van der Waals surface area contributed by atoms with Crippen molar-refractivity contribution in [3.05, 3.63) is 28.7 Å². The number of hydrogen-bond acceptors (Lipinski definition) is 5. The standard InChI is InChI=1S/C11H7BrN2O5S/c12-9-6-3-1-2-4-7(6)19-10(9)20(17,18)14-8(15)5-13-11(14)16/h1-4H,5H2,(H,13,16). The number of rotatable bonds is 2. The van der Waals surface area contributed by atoms with Gasteiger partial charge in [-0.1, -0.05) is 12.1 Å². The lowest BCUT2D eigenvalue weighted by Gasteiger charge is -2.10. The number of hydrogen-bond donors (Lipinski definition) is 1. The van der Waals surface area contributed by atoms with Crippen LogP contribution < -0.4 is 5.32 Å². The van der Waals surface area contributed by atoms with E-state index in [1.807, 2.05) is 0 Å². The van der Waals surface area contributed by atoms with Crippen LogP contribution in [-0.2, 0) is 14.8 Å². The Morgan fingerprint density at radius 3 is 2.55 bits per heavy atom. The smallest absolute Gasteiger partial charge is 0.339 e. The number of benzene rings is 1. The highest BCUT2D eigenvalue weighted by molar-refractivity contribution is 9.10. The average molecular weight is 359 g/mol. The summed E-state index contributed by atoms with van der Waals surface area (Å²) in [6.07, 6.45) is 0. The average Bonchev–Trinajstić information content (AvgIpc) is 2.92. The first-order valence-electron chi connectivity index (χ1n) is 5.46. The number of halogens is 1. The predicted molar refractivity (Wildman–Crippen MR) is 71.3 cm³/mol. The fourth-order valence-electron chi connectivity index (χ4n) is 1.89. The Bertz CT molecular complexity index is 826. The first-order chi connectivity index (χ1) is 9.43. The minimum atomic E-state index is -4.37. The molecule has 20 heavy (non-hydrogen) atoms. The molecule has 1 aromatic carbocycles. The van der Waals surface area contributed by atoms with Gasteiger partial charge in [-0.3, -0.25) is 4.79 Å². The van der Waals surface area contributed by atoms with Gasteiger partial charge in [-0.05, 0) is 28.1 Å². The zero-order valence-corrected chi connectivity index (χ0v) is 12.2. The van der Waals surface area contributed by atoms with Crippen LogP contribution in [0.15, 0.2) is 38.2 Å². The third-order valence-corrected chi connectivity index (χ3v) is 5.44. The fraction of sp³-hybridized carbons (Fsp3) is 0.0909. The lowest BCUT2D eigenvalue weighted by molar-refractivity contribution is -0.121. The topological polar surface area (TPSA) is 96.7 Å². The second kappa shape index (κ2) is 4.32. The van der Waals surface area contributed by atoms with Crippen molar-refractivity contribution < 1.29 is 22.4 Å². The summed E-state index contributed by atoms with van der Waals surface area (Å²) in [4.78, 5) is 23.0. The second-order valence-electron chi connectivity index (χ2n) is 4.02. The van der Waals surface area contributed by atoms with E-state index in [-0.39, 0.29) is 15.3 Å². The Morgan fingerprint density at radius 2 is 1.95 bits per heavy atom. The van der Waals surface area contributed by atoms with Crippen LogP contribution in [0.2, 0.25) is 0 Å². The zero-order chi connectivity index (χ0) is 14.5. The van der Waals surface area contributed by atoms with Gasteiger partial charge < -0.3 is 9.73 Å². The van der Waals surface area contributed by atoms with Gasteiger partial charge in [0.1, 0.15) is 12.1 Å². The number of nitrogens with one attached hydrogen (secondary N) is 1. The maximum Gasteiger partial charge on any atom is 0.339 e. The Labute approximate surface area is 121 Å². The summed E-state index contributed by atoms with van der Waals surface area (Å²) in [6.45, 7) is -0.351. The number of furan rings is 1. The van der Waals surface area contributed by atoms with Gasteiger partial charge in [0.2, 0.25) is 0 Å². The van der Waals surface area contributed by atoms with E-state index in [4.69, 9.17) is 4.42 Å². The number of carbonyl (C=O) groups excluding carboxylic acids is 2. The summed E-state index contributed by atoms with van der Waals surface area (Å²) < 4.78 is 30.4. The molecule has 1 aliphatic heterocycles. The molecule has 9 heteroatoms. The lowest BCUT2D eigenvalue weighted by atomic mass is 10.3. The Balaban J connectivity index is 2.22. The SMILES string of the molecule is O=C1CNC(=O)N1S(=O)(=O)c1oc2ccccc2c1Br. The molecule has 0 spiro atoms. The third kappa shape index (κ3) is 1.74. The van der Waals surface area contributed by atoms with Gasteiger partial charge in [0, 0.05) is 5.39 Å². The Hall–Kier alpha value is -1.87. The second-order valence-corrected chi connectivity index (χ2v) is 6.50. The molecule has 0 radical (unpaired) electrons. The number of fused-ring (bicyclic) bond motifs is 1. The van der Waals surface area contributed by atoms with Crippen LogP contribution >= 0.6 is 15.9 Å². The van der Waals surface area contributed by atoms with Crippen molar-refractivity contribution in [1.29, 1.82) is 0 Å². The molecule has 2 heterocycles. The molecule has 0 atom stereocenters. The molecular formula is C11H7BrN2O5S. The van der Waals surface area contributed by atoms with Crippen LogP contribution in [0.3, 0.4) is 0 Å². The molecule has 0 aliphatic carbocycles. The van der Waals surface area contributed by atoms with Crippen LogP contribution in [0.1, 0.15) is 0 Å².